The van der Waals surface area contributed by atoms with Gasteiger partial charge in [-0.05, 0) is 62.8 Å². The summed E-state index contributed by atoms with van der Waals surface area (Å²) in [5.41, 5.74) is 1.69. The normalized spacial score (nSPS) is 22.1. The second kappa shape index (κ2) is 7.48. The first kappa shape index (κ1) is 15.9. The van der Waals surface area contributed by atoms with Gasteiger partial charge in [-0.3, -0.25) is 0 Å². The molecular weight excluding hydrogens is 262 g/mol. The van der Waals surface area contributed by atoms with Crippen molar-refractivity contribution in [3.8, 4) is 0 Å². The number of hydrogen-bond donors (Lipinski definition) is 1. The highest BCUT2D eigenvalue weighted by molar-refractivity contribution is 5.89. The van der Waals surface area contributed by atoms with E-state index in [-0.39, 0.29) is 12.1 Å². The number of carbonyl (C=O) groups excluding carboxylic acids is 1. The van der Waals surface area contributed by atoms with Gasteiger partial charge in [0.15, 0.2) is 0 Å². The molecule has 0 heterocycles. The molecular formula is C18H27NO2. The third-order valence-corrected chi connectivity index (χ3v) is 4.19. The summed E-state index contributed by atoms with van der Waals surface area (Å²) in [6.45, 7) is 7.10. The van der Waals surface area contributed by atoms with Crippen LogP contribution in [0.15, 0.2) is 24.3 Å². The van der Waals surface area contributed by atoms with E-state index in [9.17, 15) is 4.79 Å². The Balaban J connectivity index is 1.81. The monoisotopic (exact) mass is 289 g/mol. The van der Waals surface area contributed by atoms with Gasteiger partial charge in [-0.2, -0.15) is 0 Å². The second-order valence-electron chi connectivity index (χ2n) is 6.54. The molecule has 0 atom stereocenters. The highest BCUT2D eigenvalue weighted by Crippen LogP contribution is 2.28. The van der Waals surface area contributed by atoms with Crippen molar-refractivity contribution < 1.29 is 9.53 Å². The number of hydrogen-bond acceptors (Lipinski definition) is 3. The Kier molecular flexibility index (Phi) is 5.66. The van der Waals surface area contributed by atoms with Crippen molar-refractivity contribution in [1.29, 1.82) is 0 Å². The summed E-state index contributed by atoms with van der Waals surface area (Å²) in [7, 11) is 0. The molecule has 1 aromatic carbocycles. The number of rotatable bonds is 5. The molecule has 21 heavy (non-hydrogen) atoms. The molecule has 1 saturated carbocycles. The maximum atomic E-state index is 11.8. The van der Waals surface area contributed by atoms with Gasteiger partial charge in [0.25, 0.3) is 0 Å². The van der Waals surface area contributed by atoms with Crippen LogP contribution in [0.25, 0.3) is 0 Å². The summed E-state index contributed by atoms with van der Waals surface area (Å²) in [6, 6.07) is 7.58. The Morgan fingerprint density at radius 1 is 1.19 bits per heavy atom. The second-order valence-corrected chi connectivity index (χ2v) is 6.54. The van der Waals surface area contributed by atoms with E-state index < -0.39 is 0 Å². The molecule has 0 spiro atoms. The first-order chi connectivity index (χ1) is 10.0. The van der Waals surface area contributed by atoms with Crippen molar-refractivity contribution in [3.05, 3.63) is 29.8 Å². The van der Waals surface area contributed by atoms with Gasteiger partial charge >= 0.3 is 5.97 Å². The third kappa shape index (κ3) is 5.07. The topological polar surface area (TPSA) is 38.3 Å². The van der Waals surface area contributed by atoms with Crippen LogP contribution >= 0.6 is 0 Å². The lowest BCUT2D eigenvalue weighted by Gasteiger charge is -2.26. The molecule has 2 rings (SSSR count). The highest BCUT2D eigenvalue weighted by Gasteiger charge is 2.17. The van der Waals surface area contributed by atoms with Gasteiger partial charge in [-0.1, -0.05) is 19.8 Å². The zero-order valence-electron chi connectivity index (χ0n) is 13.4. The standard InChI is InChI=1S/C18H27NO2/c1-13(2)21-18(20)16-8-10-17(11-9-16)19-12-15-6-4-14(3)5-7-15/h8-11,13-15,19H,4-7,12H2,1-3H3. The van der Waals surface area contributed by atoms with Crippen molar-refractivity contribution in [2.45, 2.75) is 52.6 Å². The maximum Gasteiger partial charge on any atom is 0.338 e. The molecule has 3 heteroatoms. The van der Waals surface area contributed by atoms with Crippen molar-refractivity contribution in [2.24, 2.45) is 11.8 Å². The van der Waals surface area contributed by atoms with Gasteiger partial charge in [0.05, 0.1) is 11.7 Å². The van der Waals surface area contributed by atoms with Crippen LogP contribution in [0.2, 0.25) is 0 Å². The van der Waals surface area contributed by atoms with E-state index in [4.69, 9.17) is 4.74 Å². The fraction of sp³-hybridized carbons (Fsp3) is 0.611. The lowest BCUT2D eigenvalue weighted by atomic mass is 9.83. The Bertz CT molecular complexity index is 445. The van der Waals surface area contributed by atoms with E-state index in [1.807, 2.05) is 38.1 Å². The molecule has 0 radical (unpaired) electrons. The zero-order valence-corrected chi connectivity index (χ0v) is 13.4. The Hall–Kier alpha value is -1.51. The first-order valence-electron chi connectivity index (χ1n) is 8.09. The van der Waals surface area contributed by atoms with Crippen molar-refractivity contribution in [3.63, 3.8) is 0 Å². The minimum Gasteiger partial charge on any atom is -0.459 e. The minimum absolute atomic E-state index is 0.0796. The molecule has 1 fully saturated rings. The number of anilines is 1. The van der Waals surface area contributed by atoms with Crippen LogP contribution in [-0.2, 0) is 4.74 Å². The van der Waals surface area contributed by atoms with E-state index in [2.05, 4.69) is 12.2 Å². The van der Waals surface area contributed by atoms with E-state index in [0.29, 0.717) is 5.56 Å². The lowest BCUT2D eigenvalue weighted by Crippen LogP contribution is -2.20. The van der Waals surface area contributed by atoms with E-state index in [1.54, 1.807) is 0 Å². The SMILES string of the molecule is CC1CCC(CNc2ccc(C(=O)OC(C)C)cc2)CC1. The molecule has 116 valence electrons. The molecule has 1 aliphatic carbocycles. The molecule has 1 aliphatic rings. The minimum atomic E-state index is -0.252. The van der Waals surface area contributed by atoms with Gasteiger partial charge in [0, 0.05) is 12.2 Å². The molecule has 0 aliphatic heterocycles. The molecule has 0 unspecified atom stereocenters. The fourth-order valence-corrected chi connectivity index (χ4v) is 2.80. The molecule has 0 bridgehead atoms. The van der Waals surface area contributed by atoms with E-state index >= 15 is 0 Å². The summed E-state index contributed by atoms with van der Waals surface area (Å²) >= 11 is 0. The molecule has 0 saturated heterocycles. The van der Waals surface area contributed by atoms with Gasteiger partial charge in [0.1, 0.15) is 0 Å². The van der Waals surface area contributed by atoms with Crippen LogP contribution in [0.5, 0.6) is 0 Å². The molecule has 3 nitrogen and oxygen atoms in total. The maximum absolute atomic E-state index is 11.8. The number of carbonyl (C=O) groups is 1. The van der Waals surface area contributed by atoms with Crippen LogP contribution in [0.4, 0.5) is 5.69 Å². The van der Waals surface area contributed by atoms with Crippen LogP contribution in [0.1, 0.15) is 56.8 Å². The zero-order chi connectivity index (χ0) is 15.2. The first-order valence-corrected chi connectivity index (χ1v) is 8.09. The van der Waals surface area contributed by atoms with Crippen LogP contribution in [0, 0.1) is 11.8 Å². The summed E-state index contributed by atoms with van der Waals surface area (Å²) in [6.07, 6.45) is 5.28. The summed E-state index contributed by atoms with van der Waals surface area (Å²) in [5, 5.41) is 3.48. The Morgan fingerprint density at radius 3 is 2.38 bits per heavy atom. The van der Waals surface area contributed by atoms with E-state index in [0.717, 1.165) is 24.1 Å². The predicted octanol–water partition coefficient (Wildman–Crippen LogP) is 4.49. The lowest BCUT2D eigenvalue weighted by molar-refractivity contribution is 0.0378. The van der Waals surface area contributed by atoms with Gasteiger partial charge in [-0.15, -0.1) is 0 Å². The largest absolute Gasteiger partial charge is 0.459 e. The number of nitrogens with one attached hydrogen (secondary N) is 1. The quantitative estimate of drug-likeness (QED) is 0.812. The molecule has 0 amide bonds. The molecule has 1 N–H and O–H groups in total. The third-order valence-electron chi connectivity index (χ3n) is 4.19. The number of esters is 1. The van der Waals surface area contributed by atoms with Crippen molar-refractivity contribution in [2.75, 3.05) is 11.9 Å². The average molecular weight is 289 g/mol. The smallest absolute Gasteiger partial charge is 0.338 e. The number of ether oxygens (including phenoxy) is 1. The number of benzene rings is 1. The van der Waals surface area contributed by atoms with Gasteiger partial charge < -0.3 is 10.1 Å². The van der Waals surface area contributed by atoms with Crippen molar-refractivity contribution >= 4 is 11.7 Å². The van der Waals surface area contributed by atoms with Gasteiger partial charge in [0.2, 0.25) is 0 Å². The predicted molar refractivity (Wildman–Crippen MR) is 86.6 cm³/mol. The van der Waals surface area contributed by atoms with Crippen molar-refractivity contribution in [1.82, 2.24) is 0 Å². The average Bonchev–Trinajstić information content (AvgIpc) is 2.46. The molecule has 0 aromatic heterocycles. The Labute approximate surface area is 128 Å². The summed E-state index contributed by atoms with van der Waals surface area (Å²) in [4.78, 5) is 11.8. The van der Waals surface area contributed by atoms with E-state index in [1.165, 1.54) is 25.7 Å². The summed E-state index contributed by atoms with van der Waals surface area (Å²) < 4.78 is 5.18. The Morgan fingerprint density at radius 2 is 1.81 bits per heavy atom. The highest BCUT2D eigenvalue weighted by atomic mass is 16.5. The summed E-state index contributed by atoms with van der Waals surface area (Å²) in [5.74, 6) is 1.43. The fourth-order valence-electron chi connectivity index (χ4n) is 2.80. The van der Waals surface area contributed by atoms with Crippen LogP contribution < -0.4 is 5.32 Å². The molecule has 1 aromatic rings. The van der Waals surface area contributed by atoms with Gasteiger partial charge in [-0.25, -0.2) is 4.79 Å². The van der Waals surface area contributed by atoms with Crippen LogP contribution in [0.3, 0.4) is 0 Å². The van der Waals surface area contributed by atoms with Crippen LogP contribution in [-0.4, -0.2) is 18.6 Å².